The summed E-state index contributed by atoms with van der Waals surface area (Å²) in [4.78, 5) is 18.3. The summed E-state index contributed by atoms with van der Waals surface area (Å²) < 4.78 is 1.89. The van der Waals surface area contributed by atoms with E-state index in [9.17, 15) is 9.90 Å². The van der Waals surface area contributed by atoms with Crippen LogP contribution in [0.25, 0.3) is 6.08 Å². The van der Waals surface area contributed by atoms with Gasteiger partial charge in [-0.15, -0.1) is 0 Å². The van der Waals surface area contributed by atoms with Crippen LogP contribution in [0.2, 0.25) is 0 Å². The van der Waals surface area contributed by atoms with Crippen LogP contribution in [-0.4, -0.2) is 32.4 Å². The normalized spacial score (nSPS) is 17.0. The SMILES string of the molecule is CC/C(=C\c1c(C2CC2)nn(C)c1N1CCc2cccnc21)C(=O)O. The zero-order valence-corrected chi connectivity index (χ0v) is 14.6. The maximum atomic E-state index is 11.5. The molecule has 0 aromatic carbocycles. The van der Waals surface area contributed by atoms with Crippen molar-refractivity contribution in [1.29, 1.82) is 0 Å². The molecule has 2 aromatic rings. The molecule has 1 fully saturated rings. The molecule has 4 rings (SSSR count). The average Bonchev–Trinajstić information content (AvgIpc) is 3.28. The fourth-order valence-electron chi connectivity index (χ4n) is 3.57. The zero-order chi connectivity index (χ0) is 17.6. The summed E-state index contributed by atoms with van der Waals surface area (Å²) in [5, 5.41) is 14.2. The van der Waals surface area contributed by atoms with E-state index < -0.39 is 5.97 Å². The molecule has 0 amide bonds. The predicted octanol–water partition coefficient (Wildman–Crippen LogP) is 3.26. The third-order valence-electron chi connectivity index (χ3n) is 5.00. The van der Waals surface area contributed by atoms with Gasteiger partial charge >= 0.3 is 5.97 Å². The van der Waals surface area contributed by atoms with Gasteiger partial charge in [0, 0.05) is 36.8 Å². The Balaban J connectivity index is 1.87. The van der Waals surface area contributed by atoms with Crippen molar-refractivity contribution in [3.63, 3.8) is 0 Å². The van der Waals surface area contributed by atoms with Crippen LogP contribution in [0.3, 0.4) is 0 Å². The van der Waals surface area contributed by atoms with E-state index in [1.54, 1.807) is 6.20 Å². The topological polar surface area (TPSA) is 71.2 Å². The Morgan fingerprint density at radius 2 is 2.24 bits per heavy atom. The van der Waals surface area contributed by atoms with Crippen LogP contribution >= 0.6 is 0 Å². The molecule has 0 unspecified atom stereocenters. The first-order valence-corrected chi connectivity index (χ1v) is 8.82. The Labute approximate surface area is 146 Å². The number of pyridine rings is 1. The Bertz CT molecular complexity index is 864. The maximum Gasteiger partial charge on any atom is 0.331 e. The number of rotatable bonds is 5. The van der Waals surface area contributed by atoms with Crippen molar-refractivity contribution in [2.24, 2.45) is 7.05 Å². The summed E-state index contributed by atoms with van der Waals surface area (Å²) in [6.45, 7) is 2.71. The van der Waals surface area contributed by atoms with Gasteiger partial charge in [-0.3, -0.25) is 4.68 Å². The molecular weight excluding hydrogens is 316 g/mol. The predicted molar refractivity (Wildman–Crippen MR) is 96.0 cm³/mol. The number of carboxylic acids is 1. The number of aryl methyl sites for hydroxylation is 1. The molecule has 3 heterocycles. The summed E-state index contributed by atoms with van der Waals surface area (Å²) in [5.74, 6) is 1.49. The van der Waals surface area contributed by atoms with E-state index in [4.69, 9.17) is 5.10 Å². The molecule has 1 saturated carbocycles. The second-order valence-corrected chi connectivity index (χ2v) is 6.74. The molecule has 130 valence electrons. The van der Waals surface area contributed by atoms with Gasteiger partial charge < -0.3 is 10.0 Å². The van der Waals surface area contributed by atoms with Crippen molar-refractivity contribution in [3.8, 4) is 0 Å². The van der Waals surface area contributed by atoms with E-state index in [1.807, 2.05) is 30.8 Å². The molecular formula is C19H22N4O2. The molecule has 0 radical (unpaired) electrons. The van der Waals surface area contributed by atoms with Crippen molar-refractivity contribution < 1.29 is 9.90 Å². The van der Waals surface area contributed by atoms with Crippen LogP contribution in [0.5, 0.6) is 0 Å². The minimum atomic E-state index is -0.862. The Morgan fingerprint density at radius 1 is 1.44 bits per heavy atom. The van der Waals surface area contributed by atoms with Gasteiger partial charge in [-0.1, -0.05) is 13.0 Å². The molecule has 0 atom stereocenters. The molecule has 6 nitrogen and oxygen atoms in total. The molecule has 6 heteroatoms. The van der Waals surface area contributed by atoms with Crippen molar-refractivity contribution in [3.05, 3.63) is 40.7 Å². The van der Waals surface area contributed by atoms with Crippen LogP contribution in [-0.2, 0) is 18.3 Å². The molecule has 0 spiro atoms. The van der Waals surface area contributed by atoms with Crippen LogP contribution < -0.4 is 4.90 Å². The Hall–Kier alpha value is -2.63. The molecule has 2 aromatic heterocycles. The quantitative estimate of drug-likeness (QED) is 0.847. The van der Waals surface area contributed by atoms with Gasteiger partial charge in [-0.05, 0) is 43.4 Å². The number of hydrogen-bond acceptors (Lipinski definition) is 4. The second kappa shape index (κ2) is 6.02. The summed E-state index contributed by atoms with van der Waals surface area (Å²) in [6.07, 6.45) is 7.30. The van der Waals surface area contributed by atoms with Gasteiger partial charge in [0.15, 0.2) is 0 Å². The number of anilines is 2. The van der Waals surface area contributed by atoms with Crippen LogP contribution in [0.1, 0.15) is 48.9 Å². The van der Waals surface area contributed by atoms with E-state index >= 15 is 0 Å². The highest BCUT2D eigenvalue weighted by Gasteiger charge is 2.34. The minimum absolute atomic E-state index is 0.414. The lowest BCUT2D eigenvalue weighted by atomic mass is 10.1. The summed E-state index contributed by atoms with van der Waals surface area (Å²) in [5.41, 5.74) is 3.61. The summed E-state index contributed by atoms with van der Waals surface area (Å²) in [6, 6.07) is 4.06. The monoisotopic (exact) mass is 338 g/mol. The van der Waals surface area contributed by atoms with Gasteiger partial charge in [0.2, 0.25) is 0 Å². The molecule has 25 heavy (non-hydrogen) atoms. The highest BCUT2D eigenvalue weighted by Crippen LogP contribution is 2.45. The van der Waals surface area contributed by atoms with E-state index in [-0.39, 0.29) is 0 Å². The van der Waals surface area contributed by atoms with Gasteiger partial charge in [0.25, 0.3) is 0 Å². The van der Waals surface area contributed by atoms with Gasteiger partial charge in [-0.2, -0.15) is 5.10 Å². The Morgan fingerprint density at radius 3 is 2.92 bits per heavy atom. The Kier molecular flexibility index (Phi) is 3.82. The smallest absolute Gasteiger partial charge is 0.331 e. The maximum absolute atomic E-state index is 11.5. The number of aliphatic carboxylic acids is 1. The van der Waals surface area contributed by atoms with Crippen molar-refractivity contribution in [2.75, 3.05) is 11.4 Å². The lowest BCUT2D eigenvalue weighted by Crippen LogP contribution is -2.18. The van der Waals surface area contributed by atoms with Gasteiger partial charge in [0.1, 0.15) is 11.6 Å². The molecule has 1 aliphatic carbocycles. The molecule has 0 bridgehead atoms. The highest BCUT2D eigenvalue weighted by atomic mass is 16.4. The third-order valence-corrected chi connectivity index (χ3v) is 5.00. The van der Waals surface area contributed by atoms with Gasteiger partial charge in [0.05, 0.1) is 5.69 Å². The van der Waals surface area contributed by atoms with Crippen LogP contribution in [0.15, 0.2) is 23.9 Å². The van der Waals surface area contributed by atoms with Crippen molar-refractivity contribution >= 4 is 23.7 Å². The van der Waals surface area contributed by atoms with E-state index in [2.05, 4.69) is 16.0 Å². The summed E-state index contributed by atoms with van der Waals surface area (Å²) >= 11 is 0. The average molecular weight is 338 g/mol. The second-order valence-electron chi connectivity index (χ2n) is 6.74. The third kappa shape index (κ3) is 2.71. The zero-order valence-electron chi connectivity index (χ0n) is 14.6. The number of hydrogen-bond donors (Lipinski definition) is 1. The fraction of sp³-hybridized carbons (Fsp3) is 0.421. The van der Waals surface area contributed by atoms with Crippen molar-refractivity contribution in [2.45, 2.75) is 38.5 Å². The van der Waals surface area contributed by atoms with Crippen LogP contribution in [0, 0.1) is 0 Å². The van der Waals surface area contributed by atoms with E-state index in [1.165, 1.54) is 5.56 Å². The highest BCUT2D eigenvalue weighted by molar-refractivity contribution is 5.93. The molecule has 1 aliphatic heterocycles. The minimum Gasteiger partial charge on any atom is -0.478 e. The van der Waals surface area contributed by atoms with Gasteiger partial charge in [-0.25, -0.2) is 9.78 Å². The number of nitrogens with zero attached hydrogens (tertiary/aromatic N) is 4. The largest absolute Gasteiger partial charge is 0.478 e. The van der Waals surface area contributed by atoms with E-state index in [0.717, 1.165) is 48.7 Å². The fourth-order valence-corrected chi connectivity index (χ4v) is 3.57. The number of carbonyl (C=O) groups is 1. The summed E-state index contributed by atoms with van der Waals surface area (Å²) in [7, 11) is 1.94. The lowest BCUT2D eigenvalue weighted by molar-refractivity contribution is -0.132. The lowest BCUT2D eigenvalue weighted by Gasteiger charge is -2.19. The number of fused-ring (bicyclic) bond motifs is 1. The molecule has 0 saturated heterocycles. The first-order valence-electron chi connectivity index (χ1n) is 8.82. The molecule has 2 aliphatic rings. The standard InChI is InChI=1S/C19H22N4O2/c1-3-12(19(24)25)11-15-16(13-6-7-13)21-22(2)18(15)23-10-8-14-5-4-9-20-17(14)23/h4-5,9,11,13H,3,6-8,10H2,1-2H3,(H,24,25)/b12-11+. The van der Waals surface area contributed by atoms with Crippen molar-refractivity contribution in [1.82, 2.24) is 14.8 Å². The number of aromatic nitrogens is 3. The van der Waals surface area contributed by atoms with E-state index in [0.29, 0.717) is 17.9 Å². The first kappa shape index (κ1) is 15.9. The first-order chi connectivity index (χ1) is 12.1. The van der Waals surface area contributed by atoms with Crippen LogP contribution in [0.4, 0.5) is 11.6 Å². The number of carboxylic acid groups (broad SMARTS) is 1. The molecule has 1 N–H and O–H groups in total.